The van der Waals surface area contributed by atoms with Crippen LogP contribution in [0.4, 0.5) is 0 Å². The van der Waals surface area contributed by atoms with Gasteiger partial charge in [0.25, 0.3) is 0 Å². The molecule has 2 aromatic carbocycles. The Hall–Kier alpha value is -2.97. The number of hydrogen-bond acceptors (Lipinski definition) is 3. The van der Waals surface area contributed by atoms with Crippen molar-refractivity contribution in [2.24, 2.45) is 0 Å². The normalized spacial score (nSPS) is 10.8. The van der Waals surface area contributed by atoms with Crippen molar-refractivity contribution >= 4 is 14.5 Å². The molecule has 0 amide bonds. The molecule has 4 nitrogen and oxygen atoms in total. The third-order valence-corrected chi connectivity index (χ3v) is 4.38. The number of benzene rings is 2. The number of pyridine rings is 1. The molecule has 4 aromatic rings. The summed E-state index contributed by atoms with van der Waals surface area (Å²) in [6.07, 6.45) is 3.54. The first-order chi connectivity index (χ1) is 12.2. The highest BCUT2D eigenvalue weighted by Gasteiger charge is 2.15. The number of nitrogens with one attached hydrogen (secondary N) is 1. The van der Waals surface area contributed by atoms with Gasteiger partial charge in [0, 0.05) is 29.1 Å². The monoisotopic (exact) mass is 345 g/mol. The van der Waals surface area contributed by atoms with Crippen molar-refractivity contribution in [2.45, 2.75) is 0 Å². The molecule has 0 bridgehead atoms. The van der Waals surface area contributed by atoms with Crippen molar-refractivity contribution in [1.82, 2.24) is 15.0 Å². The number of H-pyrrole nitrogens is 1. The Morgan fingerprint density at radius 3 is 2.08 bits per heavy atom. The summed E-state index contributed by atoms with van der Waals surface area (Å²) >= 11 is 0. The molecule has 2 heterocycles. The van der Waals surface area contributed by atoms with E-state index in [2.05, 4.69) is 31.3 Å². The molecule has 2 N–H and O–H groups in total. The topological polar surface area (TPSA) is 61.8 Å². The maximum Gasteiger partial charge on any atom is 0.138 e. The molecule has 0 aliphatic carbocycles. The van der Waals surface area contributed by atoms with Crippen molar-refractivity contribution in [3.05, 3.63) is 73.1 Å². The van der Waals surface area contributed by atoms with Crippen LogP contribution in [0.1, 0.15) is 0 Å². The summed E-state index contributed by atoms with van der Waals surface area (Å²) in [5.41, 5.74) is 4.82. The molecule has 0 radical (unpaired) electrons. The van der Waals surface area contributed by atoms with Gasteiger partial charge >= 0.3 is 0 Å². The maximum atomic E-state index is 9.51. The summed E-state index contributed by atoms with van der Waals surface area (Å²) in [6, 6.07) is 19.1. The van der Waals surface area contributed by atoms with Crippen LogP contribution >= 0.6 is 9.24 Å². The number of imidazole rings is 1. The number of hydrogen-bond donors (Lipinski definition) is 2. The summed E-state index contributed by atoms with van der Waals surface area (Å²) < 4.78 is 0. The predicted molar refractivity (Wildman–Crippen MR) is 104 cm³/mol. The summed E-state index contributed by atoms with van der Waals surface area (Å²) in [4.78, 5) is 12.3. The van der Waals surface area contributed by atoms with Crippen LogP contribution in [-0.2, 0) is 0 Å². The lowest BCUT2D eigenvalue weighted by Gasteiger charge is -2.03. The Kier molecular flexibility index (Phi) is 4.04. The van der Waals surface area contributed by atoms with Gasteiger partial charge in [0.2, 0.25) is 0 Å². The molecular formula is C20H16N3OP. The zero-order valence-corrected chi connectivity index (χ0v) is 14.5. The van der Waals surface area contributed by atoms with E-state index in [4.69, 9.17) is 4.98 Å². The molecular weight excluding hydrogens is 329 g/mol. The van der Waals surface area contributed by atoms with Gasteiger partial charge in [-0.3, -0.25) is 4.98 Å². The minimum Gasteiger partial charge on any atom is -0.508 e. The van der Waals surface area contributed by atoms with Crippen LogP contribution in [0.2, 0.25) is 0 Å². The lowest BCUT2D eigenvalue weighted by Crippen LogP contribution is -1.89. The largest absolute Gasteiger partial charge is 0.508 e. The second-order valence-corrected chi connectivity index (χ2v) is 6.38. The molecule has 0 saturated heterocycles. The highest BCUT2D eigenvalue weighted by atomic mass is 31.0. The Balaban J connectivity index is 1.89. The average molecular weight is 345 g/mol. The van der Waals surface area contributed by atoms with Crippen molar-refractivity contribution < 1.29 is 5.11 Å². The summed E-state index contributed by atoms with van der Waals surface area (Å²) in [7, 11) is 2.69. The third-order valence-electron chi connectivity index (χ3n) is 4.00. The van der Waals surface area contributed by atoms with Gasteiger partial charge in [-0.25, -0.2) is 4.98 Å². The van der Waals surface area contributed by atoms with Crippen molar-refractivity contribution in [1.29, 1.82) is 0 Å². The van der Waals surface area contributed by atoms with E-state index in [-0.39, 0.29) is 5.75 Å². The van der Waals surface area contributed by atoms with Crippen molar-refractivity contribution in [3.8, 4) is 39.7 Å². The van der Waals surface area contributed by atoms with E-state index in [0.29, 0.717) is 0 Å². The van der Waals surface area contributed by atoms with E-state index in [9.17, 15) is 5.11 Å². The SMILES string of the molecule is Oc1ccc(-c2nc(-c3ccc(P)cc3)c(-c3ccncc3)[nH]2)cc1. The Morgan fingerprint density at radius 1 is 0.760 bits per heavy atom. The molecule has 1 unspecified atom stereocenters. The van der Waals surface area contributed by atoms with Gasteiger partial charge in [-0.05, 0) is 41.7 Å². The summed E-state index contributed by atoms with van der Waals surface area (Å²) in [6.45, 7) is 0. The number of aromatic nitrogens is 3. The molecule has 2 aromatic heterocycles. The number of nitrogens with zero attached hydrogens (tertiary/aromatic N) is 2. The van der Waals surface area contributed by atoms with Gasteiger partial charge in [0.05, 0.1) is 11.4 Å². The lowest BCUT2D eigenvalue weighted by molar-refractivity contribution is 0.475. The number of aromatic hydroxyl groups is 1. The van der Waals surface area contributed by atoms with Crippen LogP contribution in [0.15, 0.2) is 73.1 Å². The fraction of sp³-hybridized carbons (Fsp3) is 0. The van der Waals surface area contributed by atoms with E-state index in [1.165, 1.54) is 0 Å². The fourth-order valence-electron chi connectivity index (χ4n) is 2.71. The second kappa shape index (κ2) is 6.50. The first-order valence-electron chi connectivity index (χ1n) is 7.86. The van der Waals surface area contributed by atoms with E-state index in [1.807, 2.05) is 36.4 Å². The van der Waals surface area contributed by atoms with Gasteiger partial charge in [-0.15, -0.1) is 9.24 Å². The molecule has 0 spiro atoms. The predicted octanol–water partition coefficient (Wildman–Crippen LogP) is 4.01. The first-order valence-corrected chi connectivity index (χ1v) is 8.44. The molecule has 4 rings (SSSR count). The first kappa shape index (κ1) is 15.6. The molecule has 122 valence electrons. The minimum atomic E-state index is 0.237. The third kappa shape index (κ3) is 3.17. The minimum absolute atomic E-state index is 0.237. The van der Waals surface area contributed by atoms with Crippen LogP contribution in [0.5, 0.6) is 5.75 Å². The maximum absolute atomic E-state index is 9.51. The van der Waals surface area contributed by atoms with Crippen LogP contribution < -0.4 is 5.30 Å². The number of phenolic OH excluding ortho intramolecular Hbond substituents is 1. The number of phenols is 1. The van der Waals surface area contributed by atoms with E-state index < -0.39 is 0 Å². The van der Waals surface area contributed by atoms with Crippen LogP contribution in [0, 0.1) is 0 Å². The molecule has 1 atom stereocenters. The van der Waals surface area contributed by atoms with Crippen LogP contribution in [0.3, 0.4) is 0 Å². The van der Waals surface area contributed by atoms with Gasteiger partial charge < -0.3 is 10.1 Å². The van der Waals surface area contributed by atoms with E-state index in [0.717, 1.165) is 39.2 Å². The van der Waals surface area contributed by atoms with Gasteiger partial charge in [-0.2, -0.15) is 0 Å². The van der Waals surface area contributed by atoms with Gasteiger partial charge in [0.1, 0.15) is 11.6 Å². The van der Waals surface area contributed by atoms with E-state index >= 15 is 0 Å². The quantitative estimate of drug-likeness (QED) is 0.552. The summed E-state index contributed by atoms with van der Waals surface area (Å²) in [5, 5.41) is 10.6. The van der Waals surface area contributed by atoms with Crippen molar-refractivity contribution in [3.63, 3.8) is 0 Å². The lowest BCUT2D eigenvalue weighted by atomic mass is 10.1. The standard InChI is InChI=1S/C20H16N3OP/c24-16-5-1-15(2-6-16)20-22-18(13-3-7-17(25)8-4-13)19(23-20)14-9-11-21-12-10-14/h1-12,24H,25H2,(H,22,23). The molecule has 0 fully saturated rings. The van der Waals surface area contributed by atoms with Crippen LogP contribution in [-0.4, -0.2) is 20.1 Å². The second-order valence-electron chi connectivity index (χ2n) is 5.71. The molecule has 5 heteroatoms. The van der Waals surface area contributed by atoms with Crippen molar-refractivity contribution in [2.75, 3.05) is 0 Å². The Labute approximate surface area is 147 Å². The number of rotatable bonds is 3. The molecule has 0 aliphatic rings. The van der Waals surface area contributed by atoms with E-state index in [1.54, 1.807) is 24.5 Å². The molecule has 0 saturated carbocycles. The highest BCUT2D eigenvalue weighted by molar-refractivity contribution is 7.27. The Morgan fingerprint density at radius 2 is 1.40 bits per heavy atom. The van der Waals surface area contributed by atoms with Gasteiger partial charge in [-0.1, -0.05) is 24.3 Å². The molecule has 25 heavy (non-hydrogen) atoms. The summed E-state index contributed by atoms with van der Waals surface area (Å²) in [5.74, 6) is 0.998. The fourth-order valence-corrected chi connectivity index (χ4v) is 2.90. The highest BCUT2D eigenvalue weighted by Crippen LogP contribution is 2.32. The zero-order valence-electron chi connectivity index (χ0n) is 13.3. The van der Waals surface area contributed by atoms with Crippen LogP contribution in [0.25, 0.3) is 33.9 Å². The average Bonchev–Trinajstić information content (AvgIpc) is 3.09. The number of aromatic amines is 1. The zero-order chi connectivity index (χ0) is 17.2. The smallest absolute Gasteiger partial charge is 0.138 e. The Bertz CT molecular complexity index is 994. The van der Waals surface area contributed by atoms with Gasteiger partial charge in [0.15, 0.2) is 0 Å². The molecule has 0 aliphatic heterocycles.